The minimum absolute atomic E-state index is 0.198. The van der Waals surface area contributed by atoms with Gasteiger partial charge in [0.25, 0.3) is 0 Å². The summed E-state index contributed by atoms with van der Waals surface area (Å²) in [5, 5.41) is 9.59. The standard InChI is InChI=1S/C21H17ClO4/c1-25-20-9-8-16(12-19(20)22)15-5-2-4-14(10-15)13-26-18-7-3-6-17(11-18)21(23)24/h2-12H,13H2,1H3,(H,23,24). The van der Waals surface area contributed by atoms with Crippen molar-refractivity contribution in [3.05, 3.63) is 82.9 Å². The molecule has 0 saturated carbocycles. The van der Waals surface area contributed by atoms with Crippen molar-refractivity contribution in [3.63, 3.8) is 0 Å². The summed E-state index contributed by atoms with van der Waals surface area (Å²) in [7, 11) is 1.58. The lowest BCUT2D eigenvalue weighted by Crippen LogP contribution is -1.99. The van der Waals surface area contributed by atoms with Crippen molar-refractivity contribution in [2.75, 3.05) is 7.11 Å². The predicted molar refractivity (Wildman–Crippen MR) is 101 cm³/mol. The molecule has 132 valence electrons. The van der Waals surface area contributed by atoms with Crippen LogP contribution >= 0.6 is 11.6 Å². The molecule has 0 aromatic heterocycles. The van der Waals surface area contributed by atoms with Gasteiger partial charge in [-0.05, 0) is 53.1 Å². The van der Waals surface area contributed by atoms with Crippen LogP contribution in [0.1, 0.15) is 15.9 Å². The van der Waals surface area contributed by atoms with E-state index in [-0.39, 0.29) is 5.56 Å². The normalized spacial score (nSPS) is 10.4. The number of hydrogen-bond donors (Lipinski definition) is 1. The fourth-order valence-corrected chi connectivity index (χ4v) is 2.83. The fourth-order valence-electron chi connectivity index (χ4n) is 2.57. The van der Waals surface area contributed by atoms with Gasteiger partial charge >= 0.3 is 5.97 Å². The molecule has 1 N–H and O–H groups in total. The molecule has 5 heteroatoms. The lowest BCUT2D eigenvalue weighted by molar-refractivity contribution is 0.0696. The van der Waals surface area contributed by atoms with Crippen molar-refractivity contribution in [2.45, 2.75) is 6.61 Å². The zero-order valence-corrected chi connectivity index (χ0v) is 14.9. The van der Waals surface area contributed by atoms with Gasteiger partial charge in [0.2, 0.25) is 0 Å². The van der Waals surface area contributed by atoms with E-state index in [4.69, 9.17) is 26.2 Å². The number of hydrogen-bond acceptors (Lipinski definition) is 3. The number of halogens is 1. The van der Waals surface area contributed by atoms with Crippen LogP contribution in [0.25, 0.3) is 11.1 Å². The Morgan fingerprint density at radius 1 is 1.00 bits per heavy atom. The molecule has 0 saturated heterocycles. The van der Waals surface area contributed by atoms with Gasteiger partial charge in [-0.25, -0.2) is 4.79 Å². The monoisotopic (exact) mass is 368 g/mol. The van der Waals surface area contributed by atoms with Crippen molar-refractivity contribution in [3.8, 4) is 22.6 Å². The molecule has 0 radical (unpaired) electrons. The smallest absolute Gasteiger partial charge is 0.335 e. The maximum absolute atomic E-state index is 11.0. The molecule has 0 fully saturated rings. The maximum atomic E-state index is 11.0. The molecule has 0 heterocycles. The Morgan fingerprint density at radius 2 is 1.77 bits per heavy atom. The number of carbonyl (C=O) groups is 1. The Bertz CT molecular complexity index is 937. The summed E-state index contributed by atoms with van der Waals surface area (Å²) in [6.45, 7) is 0.334. The van der Waals surface area contributed by atoms with Crippen LogP contribution < -0.4 is 9.47 Å². The van der Waals surface area contributed by atoms with Gasteiger partial charge < -0.3 is 14.6 Å². The second-order valence-electron chi connectivity index (χ2n) is 5.67. The number of rotatable bonds is 6. The van der Waals surface area contributed by atoms with Crippen LogP contribution in [0.15, 0.2) is 66.7 Å². The van der Waals surface area contributed by atoms with Gasteiger partial charge in [0.1, 0.15) is 18.1 Å². The molecule has 4 nitrogen and oxygen atoms in total. The van der Waals surface area contributed by atoms with Crippen molar-refractivity contribution in [2.24, 2.45) is 0 Å². The second kappa shape index (κ2) is 7.93. The van der Waals surface area contributed by atoms with E-state index in [1.807, 2.05) is 42.5 Å². The Balaban J connectivity index is 1.76. The number of ether oxygens (including phenoxy) is 2. The summed E-state index contributed by atoms with van der Waals surface area (Å²) in [4.78, 5) is 11.0. The van der Waals surface area contributed by atoms with Crippen LogP contribution in [0.2, 0.25) is 5.02 Å². The van der Waals surface area contributed by atoms with Crippen molar-refractivity contribution in [1.29, 1.82) is 0 Å². The molecule has 0 atom stereocenters. The van der Waals surface area contributed by atoms with Crippen molar-refractivity contribution in [1.82, 2.24) is 0 Å². The summed E-state index contributed by atoms with van der Waals surface area (Å²) in [5.74, 6) is 0.171. The highest BCUT2D eigenvalue weighted by molar-refractivity contribution is 6.32. The number of carboxylic acid groups (broad SMARTS) is 1. The second-order valence-corrected chi connectivity index (χ2v) is 6.08. The predicted octanol–water partition coefficient (Wildman–Crippen LogP) is 5.29. The van der Waals surface area contributed by atoms with E-state index in [1.165, 1.54) is 12.1 Å². The summed E-state index contributed by atoms with van der Waals surface area (Å²) in [5.41, 5.74) is 3.15. The van der Waals surface area contributed by atoms with Gasteiger partial charge in [-0.3, -0.25) is 0 Å². The Morgan fingerprint density at radius 3 is 2.50 bits per heavy atom. The van der Waals surface area contributed by atoms with Crippen molar-refractivity contribution < 1.29 is 19.4 Å². The van der Waals surface area contributed by atoms with Gasteiger partial charge in [-0.1, -0.05) is 41.9 Å². The highest BCUT2D eigenvalue weighted by atomic mass is 35.5. The summed E-state index contributed by atoms with van der Waals surface area (Å²) in [6, 6.07) is 20.0. The van der Waals surface area contributed by atoms with E-state index < -0.39 is 5.97 Å². The average Bonchev–Trinajstić information content (AvgIpc) is 2.67. The Kier molecular flexibility index (Phi) is 5.44. The van der Waals surface area contributed by atoms with Gasteiger partial charge in [0.05, 0.1) is 17.7 Å². The lowest BCUT2D eigenvalue weighted by atomic mass is 10.0. The number of aromatic carboxylic acids is 1. The summed E-state index contributed by atoms with van der Waals surface area (Å²) < 4.78 is 10.9. The van der Waals surface area contributed by atoms with Crippen LogP contribution in [0, 0.1) is 0 Å². The third kappa shape index (κ3) is 4.16. The van der Waals surface area contributed by atoms with E-state index in [0.717, 1.165) is 16.7 Å². The summed E-state index contributed by atoms with van der Waals surface area (Å²) >= 11 is 6.20. The zero-order valence-electron chi connectivity index (χ0n) is 14.1. The largest absolute Gasteiger partial charge is 0.495 e. The lowest BCUT2D eigenvalue weighted by Gasteiger charge is -2.10. The maximum Gasteiger partial charge on any atom is 0.335 e. The SMILES string of the molecule is COc1ccc(-c2cccc(COc3cccc(C(=O)O)c3)c2)cc1Cl. The molecular weight excluding hydrogens is 352 g/mol. The number of carboxylic acids is 1. The van der Waals surface area contributed by atoms with E-state index in [1.54, 1.807) is 19.2 Å². The Hall–Kier alpha value is -2.98. The molecule has 0 amide bonds. The first kappa shape index (κ1) is 17.8. The first-order valence-corrected chi connectivity index (χ1v) is 8.33. The van der Waals surface area contributed by atoms with Crippen LogP contribution in [0.3, 0.4) is 0 Å². The molecule has 0 aliphatic rings. The van der Waals surface area contributed by atoms with E-state index >= 15 is 0 Å². The molecule has 0 aliphatic carbocycles. The third-order valence-corrected chi connectivity index (χ3v) is 4.19. The molecule has 26 heavy (non-hydrogen) atoms. The number of benzene rings is 3. The fraction of sp³-hybridized carbons (Fsp3) is 0.0952. The Labute approximate surface area is 156 Å². The van der Waals surface area contributed by atoms with Gasteiger partial charge in [0, 0.05) is 0 Å². The molecule has 3 rings (SSSR count). The zero-order chi connectivity index (χ0) is 18.5. The topological polar surface area (TPSA) is 55.8 Å². The first-order chi connectivity index (χ1) is 12.6. The highest BCUT2D eigenvalue weighted by Crippen LogP contribution is 2.30. The first-order valence-electron chi connectivity index (χ1n) is 7.96. The molecule has 3 aromatic rings. The van der Waals surface area contributed by atoms with Crippen LogP contribution in [-0.4, -0.2) is 18.2 Å². The van der Waals surface area contributed by atoms with Crippen LogP contribution in [-0.2, 0) is 6.61 Å². The van der Waals surface area contributed by atoms with E-state index in [9.17, 15) is 4.79 Å². The van der Waals surface area contributed by atoms with Gasteiger partial charge in [-0.2, -0.15) is 0 Å². The van der Waals surface area contributed by atoms with E-state index in [2.05, 4.69) is 0 Å². The molecule has 0 aliphatic heterocycles. The minimum Gasteiger partial charge on any atom is -0.495 e. The van der Waals surface area contributed by atoms with Crippen molar-refractivity contribution >= 4 is 17.6 Å². The molecule has 0 unspecified atom stereocenters. The molecule has 3 aromatic carbocycles. The van der Waals surface area contributed by atoms with Gasteiger partial charge in [-0.15, -0.1) is 0 Å². The van der Waals surface area contributed by atoms with E-state index in [0.29, 0.717) is 23.1 Å². The van der Waals surface area contributed by atoms with Crippen LogP contribution in [0.4, 0.5) is 0 Å². The highest BCUT2D eigenvalue weighted by Gasteiger charge is 2.06. The van der Waals surface area contributed by atoms with Crippen LogP contribution in [0.5, 0.6) is 11.5 Å². The quantitative estimate of drug-likeness (QED) is 0.642. The average molecular weight is 369 g/mol. The molecule has 0 spiro atoms. The third-order valence-electron chi connectivity index (χ3n) is 3.90. The minimum atomic E-state index is -0.978. The van der Waals surface area contributed by atoms with Gasteiger partial charge in [0.15, 0.2) is 0 Å². The molecule has 0 bridgehead atoms. The summed E-state index contributed by atoms with van der Waals surface area (Å²) in [6.07, 6.45) is 0. The molecular formula is C21H17ClO4. The number of methoxy groups -OCH3 is 1.